The van der Waals surface area contributed by atoms with Crippen molar-refractivity contribution in [1.82, 2.24) is 5.48 Å². The Balaban J connectivity index is 2.16. The number of benzene rings is 2. The monoisotopic (exact) mass is 360 g/mol. The molecule has 2 aromatic rings. The van der Waals surface area contributed by atoms with Gasteiger partial charge in [-0.2, -0.15) is 0 Å². The highest BCUT2D eigenvalue weighted by molar-refractivity contribution is 7.92. The Morgan fingerprint density at radius 2 is 1.88 bits per heavy atom. The number of carbonyl (C=O) groups excluding carboxylic acids is 1. The highest BCUT2D eigenvalue weighted by Gasteiger charge is 2.14. The molecule has 1 amide bonds. The van der Waals surface area contributed by atoms with E-state index in [-0.39, 0.29) is 10.6 Å². The van der Waals surface area contributed by atoms with Gasteiger partial charge in [0.15, 0.2) is 0 Å². The largest absolute Gasteiger partial charge is 0.288 e. The summed E-state index contributed by atoms with van der Waals surface area (Å²) in [6.45, 7) is 0. The van der Waals surface area contributed by atoms with E-state index in [0.717, 1.165) is 18.2 Å². The molecule has 0 aromatic heterocycles. The molecule has 0 radical (unpaired) electrons. The first-order chi connectivity index (χ1) is 11.9. The van der Waals surface area contributed by atoms with Gasteiger partial charge in [0, 0.05) is 11.6 Å². The van der Waals surface area contributed by atoms with Crippen molar-refractivity contribution in [2.75, 3.05) is 4.72 Å². The van der Waals surface area contributed by atoms with Crippen LogP contribution in [0.5, 0.6) is 0 Å². The van der Waals surface area contributed by atoms with Crippen molar-refractivity contribution in [2.24, 2.45) is 0 Å². The van der Waals surface area contributed by atoms with Crippen molar-refractivity contribution in [3.05, 3.63) is 72.1 Å². The highest BCUT2D eigenvalue weighted by Crippen LogP contribution is 2.17. The van der Waals surface area contributed by atoms with Crippen LogP contribution in [0.1, 0.15) is 5.56 Å². The number of allylic oxidation sites excluding steroid dienone is 1. The minimum Gasteiger partial charge on any atom is -0.288 e. The van der Waals surface area contributed by atoms with E-state index in [1.54, 1.807) is 18.2 Å². The second-order valence-corrected chi connectivity index (χ2v) is 6.40. The van der Waals surface area contributed by atoms with Crippen molar-refractivity contribution in [1.29, 1.82) is 0 Å². The lowest BCUT2D eigenvalue weighted by atomic mass is 10.2. The Morgan fingerprint density at radius 3 is 2.56 bits per heavy atom. The number of hydrogen-bond acceptors (Lipinski definition) is 4. The summed E-state index contributed by atoms with van der Waals surface area (Å²) in [6.07, 6.45) is 2.27. The van der Waals surface area contributed by atoms with Crippen LogP contribution in [-0.2, 0) is 14.8 Å². The van der Waals surface area contributed by atoms with Gasteiger partial charge in [0.25, 0.3) is 15.9 Å². The molecule has 6 nitrogen and oxygen atoms in total. The third-order valence-corrected chi connectivity index (χ3v) is 4.28. The van der Waals surface area contributed by atoms with Crippen LogP contribution in [0.4, 0.5) is 10.1 Å². The summed E-state index contributed by atoms with van der Waals surface area (Å²) >= 11 is 0. The molecule has 0 bridgehead atoms. The first-order valence-corrected chi connectivity index (χ1v) is 8.39. The smallest absolute Gasteiger partial charge is 0.267 e. The zero-order valence-electron chi connectivity index (χ0n) is 12.7. The average Bonchev–Trinajstić information content (AvgIpc) is 2.59. The summed E-state index contributed by atoms with van der Waals surface area (Å²) in [4.78, 5) is 10.7. The molecule has 0 unspecified atom stereocenters. The molecule has 0 saturated carbocycles. The number of nitrogens with one attached hydrogen (secondary N) is 2. The van der Waals surface area contributed by atoms with E-state index >= 15 is 0 Å². The Bertz CT molecular complexity index is 958. The van der Waals surface area contributed by atoms with Crippen LogP contribution in [0.2, 0.25) is 0 Å². The number of carbonyl (C=O) groups is 1. The maximum Gasteiger partial charge on any atom is 0.267 e. The fourth-order valence-electron chi connectivity index (χ4n) is 1.77. The minimum atomic E-state index is -3.85. The third kappa shape index (κ3) is 5.46. The summed E-state index contributed by atoms with van der Waals surface area (Å²) in [6, 6.07) is 10.8. The van der Waals surface area contributed by atoms with E-state index in [9.17, 15) is 17.6 Å². The molecule has 0 aliphatic carbocycles. The van der Waals surface area contributed by atoms with Crippen molar-refractivity contribution in [2.45, 2.75) is 4.90 Å². The second-order valence-electron chi connectivity index (χ2n) is 4.72. The van der Waals surface area contributed by atoms with Gasteiger partial charge >= 0.3 is 0 Å². The molecule has 0 aliphatic rings. The van der Waals surface area contributed by atoms with Gasteiger partial charge in [-0.15, -0.1) is 0 Å². The normalized spacial score (nSPS) is 10.8. The Hall–Kier alpha value is -3.15. The molecule has 0 fully saturated rings. The number of hydrogen-bond donors (Lipinski definition) is 3. The maximum atomic E-state index is 12.9. The molecule has 8 heteroatoms. The standard InChI is InChI=1S/C17H13FN2O4S/c18-14-8-10-16(11-9-14)25(23,24)20-15-6-3-5-13(12-15)4-1-2-7-17(21)19-22/h2-3,5-12,20,22H,(H,19,21). The molecule has 2 aromatic carbocycles. The summed E-state index contributed by atoms with van der Waals surface area (Å²) < 4.78 is 39.8. The second kappa shape index (κ2) is 8.10. The zero-order chi connectivity index (χ0) is 18.3. The molecule has 25 heavy (non-hydrogen) atoms. The van der Waals surface area contributed by atoms with Gasteiger partial charge in [0.1, 0.15) is 5.82 Å². The minimum absolute atomic E-state index is 0.0664. The van der Waals surface area contributed by atoms with Gasteiger partial charge in [0.2, 0.25) is 0 Å². The number of amides is 1. The topological polar surface area (TPSA) is 95.5 Å². The average molecular weight is 360 g/mol. The van der Waals surface area contributed by atoms with Gasteiger partial charge in [-0.05, 0) is 48.5 Å². The Morgan fingerprint density at radius 1 is 1.16 bits per heavy atom. The maximum absolute atomic E-state index is 12.9. The summed E-state index contributed by atoms with van der Waals surface area (Å²) in [7, 11) is -3.85. The van der Waals surface area contributed by atoms with Crippen molar-refractivity contribution in [3.63, 3.8) is 0 Å². The first-order valence-electron chi connectivity index (χ1n) is 6.91. The highest BCUT2D eigenvalue weighted by atomic mass is 32.2. The molecule has 128 valence electrons. The number of halogens is 1. The number of rotatable bonds is 4. The van der Waals surface area contributed by atoms with Crippen LogP contribution in [0, 0.1) is 17.7 Å². The zero-order valence-corrected chi connectivity index (χ0v) is 13.5. The quantitative estimate of drug-likeness (QED) is 0.336. The van der Waals surface area contributed by atoms with Gasteiger partial charge in [0.05, 0.1) is 10.6 Å². The molecule has 0 atom stereocenters. The lowest BCUT2D eigenvalue weighted by Crippen LogP contribution is -2.14. The first kappa shape index (κ1) is 18.2. The van der Waals surface area contributed by atoms with E-state index in [0.29, 0.717) is 5.56 Å². The van der Waals surface area contributed by atoms with E-state index in [4.69, 9.17) is 5.21 Å². The predicted octanol–water partition coefficient (Wildman–Crippen LogP) is 2.04. The fraction of sp³-hybridized carbons (Fsp3) is 0. The lowest BCUT2D eigenvalue weighted by molar-refractivity contribution is -0.124. The summed E-state index contributed by atoms with van der Waals surface area (Å²) in [5, 5.41) is 8.32. The van der Waals surface area contributed by atoms with Crippen LogP contribution >= 0.6 is 0 Å². The van der Waals surface area contributed by atoms with Crippen LogP contribution in [-0.4, -0.2) is 19.5 Å². The molecule has 0 aliphatic heterocycles. The number of sulfonamides is 1. The molecule has 3 N–H and O–H groups in total. The number of hydroxylamine groups is 1. The van der Waals surface area contributed by atoms with E-state index < -0.39 is 21.7 Å². The van der Waals surface area contributed by atoms with Crippen LogP contribution in [0.15, 0.2) is 65.6 Å². The molecule has 0 heterocycles. The predicted molar refractivity (Wildman–Crippen MR) is 89.6 cm³/mol. The van der Waals surface area contributed by atoms with Gasteiger partial charge in [-0.25, -0.2) is 18.3 Å². The number of anilines is 1. The molecular formula is C17H13FN2O4S. The van der Waals surface area contributed by atoms with E-state index in [1.165, 1.54) is 29.8 Å². The van der Waals surface area contributed by atoms with Crippen LogP contribution in [0.3, 0.4) is 0 Å². The SMILES string of the molecule is O=C(C=CC#Cc1cccc(NS(=O)(=O)c2ccc(F)cc2)c1)NO. The third-order valence-electron chi connectivity index (χ3n) is 2.88. The summed E-state index contributed by atoms with van der Waals surface area (Å²) in [5.41, 5.74) is 2.22. The van der Waals surface area contributed by atoms with Crippen molar-refractivity contribution in [3.8, 4) is 11.8 Å². The van der Waals surface area contributed by atoms with E-state index in [2.05, 4.69) is 16.6 Å². The van der Waals surface area contributed by atoms with Gasteiger partial charge in [-0.1, -0.05) is 17.9 Å². The molecule has 0 saturated heterocycles. The summed E-state index contributed by atoms with van der Waals surface area (Å²) in [5.74, 6) is 4.05. The Kier molecular flexibility index (Phi) is 5.89. The Labute approximate surface area is 144 Å². The molecular weight excluding hydrogens is 347 g/mol. The van der Waals surface area contributed by atoms with Crippen LogP contribution < -0.4 is 10.2 Å². The van der Waals surface area contributed by atoms with Gasteiger partial charge < -0.3 is 0 Å². The van der Waals surface area contributed by atoms with E-state index in [1.807, 2.05) is 0 Å². The molecule has 2 rings (SSSR count). The van der Waals surface area contributed by atoms with Gasteiger partial charge in [-0.3, -0.25) is 14.7 Å². The van der Waals surface area contributed by atoms with Crippen molar-refractivity contribution >= 4 is 21.6 Å². The molecule has 0 spiro atoms. The fourth-order valence-corrected chi connectivity index (χ4v) is 2.82. The lowest BCUT2D eigenvalue weighted by Gasteiger charge is -2.08. The van der Waals surface area contributed by atoms with Crippen LogP contribution in [0.25, 0.3) is 0 Å². The van der Waals surface area contributed by atoms with Crippen molar-refractivity contribution < 1.29 is 22.8 Å².